The minimum absolute atomic E-state index is 0.0658. The van der Waals surface area contributed by atoms with Gasteiger partial charge in [-0.1, -0.05) is 47.7 Å². The van der Waals surface area contributed by atoms with Gasteiger partial charge in [-0.15, -0.1) is 0 Å². The molecule has 4 aromatic rings. The van der Waals surface area contributed by atoms with E-state index in [4.69, 9.17) is 0 Å². The normalized spacial score (nSPS) is 11.8. The molecule has 1 aromatic heterocycles. The molecule has 0 radical (unpaired) electrons. The van der Waals surface area contributed by atoms with Crippen LogP contribution in [0.15, 0.2) is 60.7 Å². The minimum Gasteiger partial charge on any atom is -0.298 e. The average Bonchev–Trinajstić information content (AvgIpc) is 3.04. The van der Waals surface area contributed by atoms with Gasteiger partial charge >= 0.3 is 6.18 Å². The van der Waals surface area contributed by atoms with Crippen molar-refractivity contribution < 1.29 is 18.0 Å². The molecule has 1 amide bonds. The van der Waals surface area contributed by atoms with Crippen LogP contribution in [0, 0.1) is 0 Å². The number of aromatic nitrogens is 1. The second-order valence-electron chi connectivity index (χ2n) is 5.69. The number of halogens is 3. The number of rotatable bonds is 2. The van der Waals surface area contributed by atoms with E-state index in [1.807, 2.05) is 36.4 Å². The number of hydrogen-bond donors (Lipinski definition) is 1. The lowest BCUT2D eigenvalue weighted by molar-refractivity contribution is -0.137. The highest BCUT2D eigenvalue weighted by molar-refractivity contribution is 7.23. The van der Waals surface area contributed by atoms with E-state index < -0.39 is 17.6 Å². The predicted molar refractivity (Wildman–Crippen MR) is 96.5 cm³/mol. The second kappa shape index (κ2) is 6.10. The lowest BCUT2D eigenvalue weighted by atomic mass is 10.1. The Morgan fingerprint density at radius 1 is 1.00 bits per heavy atom. The first-order chi connectivity index (χ1) is 12.4. The summed E-state index contributed by atoms with van der Waals surface area (Å²) in [7, 11) is 0. The summed E-state index contributed by atoms with van der Waals surface area (Å²) in [5, 5.41) is 5.01. The number of hydrogen-bond acceptors (Lipinski definition) is 3. The molecule has 26 heavy (non-hydrogen) atoms. The van der Waals surface area contributed by atoms with E-state index in [9.17, 15) is 18.0 Å². The maximum absolute atomic E-state index is 12.8. The monoisotopic (exact) mass is 372 g/mol. The van der Waals surface area contributed by atoms with Gasteiger partial charge < -0.3 is 0 Å². The zero-order chi connectivity index (χ0) is 18.3. The molecule has 7 heteroatoms. The lowest BCUT2D eigenvalue weighted by Crippen LogP contribution is -2.13. The summed E-state index contributed by atoms with van der Waals surface area (Å²) >= 11 is 1.29. The third kappa shape index (κ3) is 3.01. The molecule has 0 aliphatic carbocycles. The van der Waals surface area contributed by atoms with Crippen molar-refractivity contribution in [3.05, 3.63) is 71.8 Å². The Morgan fingerprint density at radius 2 is 1.81 bits per heavy atom. The molecule has 0 aliphatic heterocycles. The Hall–Kier alpha value is -2.93. The zero-order valence-corrected chi connectivity index (χ0v) is 14.0. The number of nitrogens with one attached hydrogen (secondary N) is 1. The van der Waals surface area contributed by atoms with Crippen molar-refractivity contribution in [3.63, 3.8) is 0 Å². The molecule has 1 N–H and O–H groups in total. The van der Waals surface area contributed by atoms with Crippen molar-refractivity contribution in [1.29, 1.82) is 0 Å². The largest absolute Gasteiger partial charge is 0.416 e. The maximum Gasteiger partial charge on any atom is 0.416 e. The molecular formula is C19H11F3N2OS. The van der Waals surface area contributed by atoms with E-state index in [1.165, 1.54) is 23.5 Å². The van der Waals surface area contributed by atoms with Gasteiger partial charge in [-0.25, -0.2) is 4.98 Å². The van der Waals surface area contributed by atoms with Gasteiger partial charge in [0.15, 0.2) is 5.13 Å². The fourth-order valence-corrected chi connectivity index (χ4v) is 3.71. The number of benzene rings is 3. The second-order valence-corrected chi connectivity index (χ2v) is 6.69. The summed E-state index contributed by atoms with van der Waals surface area (Å²) in [6.07, 6.45) is -4.49. The van der Waals surface area contributed by atoms with Gasteiger partial charge in [-0.2, -0.15) is 13.2 Å². The number of carbonyl (C=O) groups excluding carboxylic acids is 1. The van der Waals surface area contributed by atoms with Gasteiger partial charge in [0.2, 0.25) is 0 Å². The number of anilines is 1. The van der Waals surface area contributed by atoms with Crippen molar-refractivity contribution in [2.24, 2.45) is 0 Å². The highest BCUT2D eigenvalue weighted by Gasteiger charge is 2.31. The zero-order valence-electron chi connectivity index (χ0n) is 13.2. The van der Waals surface area contributed by atoms with Gasteiger partial charge in [0.25, 0.3) is 5.91 Å². The van der Waals surface area contributed by atoms with Crippen LogP contribution in [0.2, 0.25) is 0 Å². The van der Waals surface area contributed by atoms with E-state index in [0.717, 1.165) is 33.1 Å². The standard InChI is InChI=1S/C19H11F3N2OS/c20-19(21,22)13-6-3-5-12(10-13)17(25)24-18-23-15-9-8-11-4-1-2-7-14(11)16(15)26-18/h1-10H,(H,23,24,25). The van der Waals surface area contributed by atoms with Gasteiger partial charge in [-0.3, -0.25) is 10.1 Å². The molecule has 1 heterocycles. The Kier molecular flexibility index (Phi) is 3.88. The first-order valence-electron chi connectivity index (χ1n) is 7.69. The molecule has 130 valence electrons. The number of amides is 1. The predicted octanol–water partition coefficient (Wildman–Crippen LogP) is 5.72. The summed E-state index contributed by atoms with van der Waals surface area (Å²) in [5.74, 6) is -0.625. The summed E-state index contributed by atoms with van der Waals surface area (Å²) in [6.45, 7) is 0. The van der Waals surface area contributed by atoms with Gasteiger partial charge in [0, 0.05) is 10.9 Å². The van der Waals surface area contributed by atoms with Crippen LogP contribution in [0.25, 0.3) is 21.0 Å². The molecule has 0 fully saturated rings. The molecule has 0 spiro atoms. The summed E-state index contributed by atoms with van der Waals surface area (Å²) in [4.78, 5) is 16.7. The molecule has 0 aliphatic rings. The van der Waals surface area contributed by atoms with E-state index in [1.54, 1.807) is 0 Å². The van der Waals surface area contributed by atoms with Crippen LogP contribution in [-0.2, 0) is 6.18 Å². The van der Waals surface area contributed by atoms with Crippen LogP contribution in [0.5, 0.6) is 0 Å². The van der Waals surface area contributed by atoms with E-state index in [2.05, 4.69) is 10.3 Å². The number of carbonyl (C=O) groups is 1. The smallest absolute Gasteiger partial charge is 0.298 e. The van der Waals surface area contributed by atoms with E-state index in [-0.39, 0.29) is 5.56 Å². The SMILES string of the molecule is O=C(Nc1nc2ccc3ccccc3c2s1)c1cccc(C(F)(F)F)c1. The highest BCUT2D eigenvalue weighted by atomic mass is 32.1. The molecule has 4 rings (SSSR count). The van der Waals surface area contributed by atoms with Crippen LogP contribution in [-0.4, -0.2) is 10.9 Å². The lowest BCUT2D eigenvalue weighted by Gasteiger charge is -2.08. The molecular weight excluding hydrogens is 361 g/mol. The van der Waals surface area contributed by atoms with Crippen molar-refractivity contribution in [2.45, 2.75) is 6.18 Å². The van der Waals surface area contributed by atoms with Crippen molar-refractivity contribution in [3.8, 4) is 0 Å². The van der Waals surface area contributed by atoms with E-state index >= 15 is 0 Å². The number of thiazole rings is 1. The summed E-state index contributed by atoms with van der Waals surface area (Å²) in [5.41, 5.74) is -0.197. The molecule has 0 bridgehead atoms. The van der Waals surface area contributed by atoms with E-state index in [0.29, 0.717) is 5.13 Å². The van der Waals surface area contributed by atoms with Crippen LogP contribution in [0.1, 0.15) is 15.9 Å². The topological polar surface area (TPSA) is 42.0 Å². The maximum atomic E-state index is 12.8. The molecule has 0 unspecified atom stereocenters. The molecule has 0 saturated heterocycles. The molecule has 0 saturated carbocycles. The van der Waals surface area contributed by atoms with Gasteiger partial charge in [0.1, 0.15) is 0 Å². The summed E-state index contributed by atoms with van der Waals surface area (Å²) in [6, 6.07) is 15.9. The Labute approximate surface area is 150 Å². The van der Waals surface area contributed by atoms with Crippen LogP contribution in [0.4, 0.5) is 18.3 Å². The van der Waals surface area contributed by atoms with Crippen molar-refractivity contribution >= 4 is 43.4 Å². The average molecular weight is 372 g/mol. The third-order valence-corrected chi connectivity index (χ3v) is 4.97. The first-order valence-corrected chi connectivity index (χ1v) is 8.50. The quantitative estimate of drug-likeness (QED) is 0.489. The molecule has 0 atom stereocenters. The van der Waals surface area contributed by atoms with Crippen molar-refractivity contribution in [2.75, 3.05) is 5.32 Å². The minimum atomic E-state index is -4.49. The van der Waals surface area contributed by atoms with Crippen LogP contribution < -0.4 is 5.32 Å². The number of alkyl halides is 3. The summed E-state index contributed by atoms with van der Waals surface area (Å²) < 4.78 is 39.3. The molecule has 3 nitrogen and oxygen atoms in total. The third-order valence-electron chi connectivity index (χ3n) is 3.95. The Bertz CT molecular complexity index is 1130. The van der Waals surface area contributed by atoms with Gasteiger partial charge in [0.05, 0.1) is 15.8 Å². The van der Waals surface area contributed by atoms with Gasteiger partial charge in [-0.05, 0) is 29.7 Å². The van der Waals surface area contributed by atoms with Crippen molar-refractivity contribution in [1.82, 2.24) is 4.98 Å². The van der Waals surface area contributed by atoms with Crippen LogP contribution >= 0.6 is 11.3 Å². The Balaban J connectivity index is 1.67. The number of fused-ring (bicyclic) bond motifs is 3. The molecule has 3 aromatic carbocycles. The first kappa shape index (κ1) is 16.5. The fraction of sp³-hybridized carbons (Fsp3) is 0.0526. The number of nitrogens with zero attached hydrogens (tertiary/aromatic N) is 1. The fourth-order valence-electron chi connectivity index (χ4n) is 2.72. The Morgan fingerprint density at radius 3 is 2.62 bits per heavy atom. The van der Waals surface area contributed by atoms with Crippen LogP contribution in [0.3, 0.4) is 0 Å². The highest BCUT2D eigenvalue weighted by Crippen LogP contribution is 2.33.